The van der Waals surface area contributed by atoms with Crippen LogP contribution in [0.4, 0.5) is 0 Å². The minimum absolute atomic E-state index is 0.0844. The molecule has 1 atom stereocenters. The zero-order valence-electron chi connectivity index (χ0n) is 15.7. The zero-order chi connectivity index (χ0) is 18.6. The molecule has 27 heavy (non-hydrogen) atoms. The van der Waals surface area contributed by atoms with Gasteiger partial charge >= 0.3 is 0 Å². The Morgan fingerprint density at radius 3 is 2.67 bits per heavy atom. The number of rotatable bonds is 4. The number of ether oxygens (including phenoxy) is 3. The van der Waals surface area contributed by atoms with Gasteiger partial charge in [0.2, 0.25) is 5.91 Å². The minimum atomic E-state index is -0.0844. The highest BCUT2D eigenvalue weighted by Crippen LogP contribution is 2.28. The molecule has 2 saturated heterocycles. The lowest BCUT2D eigenvalue weighted by molar-refractivity contribution is -0.141. The predicted octanol–water partition coefficient (Wildman–Crippen LogP) is 2.08. The molecule has 0 unspecified atom stereocenters. The van der Waals surface area contributed by atoms with E-state index in [1.165, 1.54) is 0 Å². The van der Waals surface area contributed by atoms with Crippen molar-refractivity contribution in [2.24, 2.45) is 0 Å². The fourth-order valence-corrected chi connectivity index (χ4v) is 3.70. The Bertz CT molecular complexity index is 804. The quantitative estimate of drug-likeness (QED) is 0.825. The molecule has 2 aromatic carbocycles. The van der Waals surface area contributed by atoms with Crippen LogP contribution >= 0.6 is 0 Å². The van der Waals surface area contributed by atoms with Gasteiger partial charge in [-0.05, 0) is 34.5 Å². The van der Waals surface area contributed by atoms with E-state index in [4.69, 9.17) is 14.2 Å². The first-order chi connectivity index (χ1) is 13.2. The Labute approximate surface area is 159 Å². The molecule has 2 aliphatic heterocycles. The number of fused-ring (bicyclic) bond motifs is 1. The number of methoxy groups -OCH3 is 1. The lowest BCUT2D eigenvalue weighted by Crippen LogP contribution is -2.48. The molecule has 0 aromatic heterocycles. The van der Waals surface area contributed by atoms with Gasteiger partial charge in [-0.1, -0.05) is 18.2 Å². The van der Waals surface area contributed by atoms with E-state index < -0.39 is 0 Å². The summed E-state index contributed by atoms with van der Waals surface area (Å²) in [5.74, 6) is 1.03. The monoisotopic (exact) mass is 370 g/mol. The zero-order valence-corrected chi connectivity index (χ0v) is 15.7. The highest BCUT2D eigenvalue weighted by atomic mass is 16.5. The van der Waals surface area contributed by atoms with Crippen molar-refractivity contribution < 1.29 is 19.0 Å². The normalized spacial score (nSPS) is 21.4. The summed E-state index contributed by atoms with van der Waals surface area (Å²) in [4.78, 5) is 16.8. The van der Waals surface area contributed by atoms with Crippen LogP contribution in [0.15, 0.2) is 36.4 Å². The minimum Gasteiger partial charge on any atom is -0.497 e. The Morgan fingerprint density at radius 1 is 1.07 bits per heavy atom. The highest BCUT2D eigenvalue weighted by molar-refractivity contribution is 5.84. The van der Waals surface area contributed by atoms with Gasteiger partial charge in [-0.25, -0.2) is 0 Å². The molecular weight excluding hydrogens is 344 g/mol. The molecule has 2 aromatic rings. The molecule has 1 amide bonds. The van der Waals surface area contributed by atoms with Crippen molar-refractivity contribution in [2.75, 3.05) is 59.7 Å². The number of carbonyl (C=O) groups is 1. The summed E-state index contributed by atoms with van der Waals surface area (Å²) in [5.41, 5.74) is 1.11. The van der Waals surface area contributed by atoms with Crippen molar-refractivity contribution in [3.05, 3.63) is 42.0 Å². The van der Waals surface area contributed by atoms with Crippen LogP contribution in [0, 0.1) is 0 Å². The molecule has 4 rings (SSSR count). The number of amides is 1. The van der Waals surface area contributed by atoms with Crippen molar-refractivity contribution in [1.82, 2.24) is 9.80 Å². The number of morpholine rings is 2. The van der Waals surface area contributed by atoms with Crippen LogP contribution in [0.2, 0.25) is 0 Å². The van der Waals surface area contributed by atoms with Gasteiger partial charge in [-0.15, -0.1) is 0 Å². The Kier molecular flexibility index (Phi) is 5.57. The van der Waals surface area contributed by atoms with Crippen LogP contribution in [-0.4, -0.2) is 75.4 Å². The fraction of sp³-hybridized carbons (Fsp3) is 0.476. The van der Waals surface area contributed by atoms with Crippen LogP contribution in [0.25, 0.3) is 10.8 Å². The first-order valence-corrected chi connectivity index (χ1v) is 9.50. The maximum absolute atomic E-state index is 12.7. The van der Waals surface area contributed by atoms with Gasteiger partial charge < -0.3 is 19.1 Å². The Morgan fingerprint density at radius 2 is 1.85 bits per heavy atom. The molecule has 144 valence electrons. The maximum atomic E-state index is 12.7. The molecular formula is C21H26N2O4. The van der Waals surface area contributed by atoms with Gasteiger partial charge in [0.05, 0.1) is 40.0 Å². The second-order valence-corrected chi connectivity index (χ2v) is 7.06. The van der Waals surface area contributed by atoms with Gasteiger partial charge in [0.25, 0.3) is 0 Å². The highest BCUT2D eigenvalue weighted by Gasteiger charge is 2.27. The Balaban J connectivity index is 1.44. The van der Waals surface area contributed by atoms with Crippen molar-refractivity contribution >= 4 is 16.7 Å². The van der Waals surface area contributed by atoms with E-state index in [9.17, 15) is 4.79 Å². The third kappa shape index (κ3) is 4.24. The molecule has 2 heterocycles. The third-order valence-corrected chi connectivity index (χ3v) is 5.32. The van der Waals surface area contributed by atoms with Gasteiger partial charge in [0.15, 0.2) is 0 Å². The van der Waals surface area contributed by atoms with E-state index in [-0.39, 0.29) is 12.0 Å². The van der Waals surface area contributed by atoms with Crippen LogP contribution in [0.5, 0.6) is 5.75 Å². The van der Waals surface area contributed by atoms with Crippen molar-refractivity contribution in [2.45, 2.75) is 6.10 Å². The third-order valence-electron chi connectivity index (χ3n) is 5.32. The summed E-state index contributed by atoms with van der Waals surface area (Å²) < 4.78 is 16.6. The summed E-state index contributed by atoms with van der Waals surface area (Å²) in [5, 5.41) is 2.28. The van der Waals surface area contributed by atoms with Crippen molar-refractivity contribution in [3.8, 4) is 5.75 Å². The van der Waals surface area contributed by atoms with E-state index in [2.05, 4.69) is 29.2 Å². The van der Waals surface area contributed by atoms with E-state index in [1.54, 1.807) is 7.11 Å². The van der Waals surface area contributed by atoms with Crippen LogP contribution in [0.3, 0.4) is 0 Å². The van der Waals surface area contributed by atoms with Gasteiger partial charge in [0, 0.05) is 19.6 Å². The molecule has 6 heteroatoms. The number of hydrogen-bond acceptors (Lipinski definition) is 5. The van der Waals surface area contributed by atoms with E-state index in [0.29, 0.717) is 39.5 Å². The van der Waals surface area contributed by atoms with Gasteiger partial charge in [-0.2, -0.15) is 0 Å². The average molecular weight is 370 g/mol. The van der Waals surface area contributed by atoms with Crippen LogP contribution in [0.1, 0.15) is 11.7 Å². The van der Waals surface area contributed by atoms with Gasteiger partial charge in [-0.3, -0.25) is 9.69 Å². The molecule has 2 aliphatic rings. The molecule has 0 radical (unpaired) electrons. The van der Waals surface area contributed by atoms with E-state index in [0.717, 1.165) is 35.2 Å². The molecule has 2 fully saturated rings. The SMILES string of the molecule is COc1ccc2cc([C@H]3CN(C(=O)CN4CCOCC4)CCO3)ccc2c1. The Hall–Kier alpha value is -2.15. The molecule has 0 spiro atoms. The van der Waals surface area contributed by atoms with Crippen molar-refractivity contribution in [3.63, 3.8) is 0 Å². The molecule has 0 bridgehead atoms. The smallest absolute Gasteiger partial charge is 0.236 e. The van der Waals surface area contributed by atoms with Crippen molar-refractivity contribution in [1.29, 1.82) is 0 Å². The van der Waals surface area contributed by atoms with Crippen LogP contribution in [-0.2, 0) is 14.3 Å². The lowest BCUT2D eigenvalue weighted by atomic mass is 10.0. The summed E-state index contributed by atoms with van der Waals surface area (Å²) >= 11 is 0. The summed E-state index contributed by atoms with van der Waals surface area (Å²) in [6, 6.07) is 12.4. The molecule has 6 nitrogen and oxygen atoms in total. The number of nitrogens with zero attached hydrogens (tertiary/aromatic N) is 2. The van der Waals surface area contributed by atoms with E-state index >= 15 is 0 Å². The second-order valence-electron chi connectivity index (χ2n) is 7.06. The number of hydrogen-bond donors (Lipinski definition) is 0. The first kappa shape index (κ1) is 18.2. The lowest BCUT2D eigenvalue weighted by Gasteiger charge is -2.35. The predicted molar refractivity (Wildman–Crippen MR) is 103 cm³/mol. The molecule has 0 N–H and O–H groups in total. The number of carbonyl (C=O) groups excluding carboxylic acids is 1. The van der Waals surface area contributed by atoms with Crippen LogP contribution < -0.4 is 4.74 Å². The maximum Gasteiger partial charge on any atom is 0.236 e. The first-order valence-electron chi connectivity index (χ1n) is 9.50. The fourth-order valence-electron chi connectivity index (χ4n) is 3.70. The summed E-state index contributed by atoms with van der Waals surface area (Å²) in [7, 11) is 1.67. The average Bonchev–Trinajstić information content (AvgIpc) is 2.73. The second kappa shape index (κ2) is 8.25. The number of benzene rings is 2. The largest absolute Gasteiger partial charge is 0.497 e. The van der Waals surface area contributed by atoms with E-state index in [1.807, 2.05) is 17.0 Å². The molecule has 0 saturated carbocycles. The summed E-state index contributed by atoms with van der Waals surface area (Å²) in [6.45, 7) is 5.37. The summed E-state index contributed by atoms with van der Waals surface area (Å²) in [6.07, 6.45) is -0.0844. The molecule has 0 aliphatic carbocycles. The topological polar surface area (TPSA) is 51.2 Å². The van der Waals surface area contributed by atoms with Gasteiger partial charge in [0.1, 0.15) is 11.9 Å². The standard InChI is InChI=1S/C21H26N2O4/c1-25-19-5-4-16-12-18(3-2-17(16)13-19)20-14-23(8-11-27-20)21(24)15-22-6-9-26-10-7-22/h2-5,12-13,20H,6-11,14-15H2,1H3/t20-/m1/s1.